The van der Waals surface area contributed by atoms with E-state index in [0.717, 1.165) is 16.7 Å². The molecule has 90 valence electrons. The summed E-state index contributed by atoms with van der Waals surface area (Å²) in [6, 6.07) is 7.21. The van der Waals surface area contributed by atoms with Gasteiger partial charge in [-0.15, -0.1) is 0 Å². The molecule has 0 saturated heterocycles. The summed E-state index contributed by atoms with van der Waals surface area (Å²) in [5.41, 5.74) is 2.36. The topological polar surface area (TPSA) is 90.8 Å². The number of aromatic amines is 1. The van der Waals surface area contributed by atoms with Crippen molar-refractivity contribution >= 4 is 22.7 Å². The molecule has 1 aromatic carbocycles. The predicted octanol–water partition coefficient (Wildman–Crippen LogP) is 1.56. The Morgan fingerprint density at radius 3 is 3.17 bits per heavy atom. The molecule has 2 N–H and O–H groups in total. The van der Waals surface area contributed by atoms with Crippen LogP contribution < -0.4 is 5.32 Å². The van der Waals surface area contributed by atoms with Gasteiger partial charge in [0, 0.05) is 11.9 Å². The maximum atomic E-state index is 11.2. The van der Waals surface area contributed by atoms with E-state index in [9.17, 15) is 4.79 Å². The smallest absolute Gasteiger partial charge is 0.350 e. The Hall–Kier alpha value is -2.81. The van der Waals surface area contributed by atoms with Crippen molar-refractivity contribution in [1.82, 2.24) is 9.97 Å². The molecule has 0 unspecified atom stereocenters. The molecule has 0 spiro atoms. The van der Waals surface area contributed by atoms with Gasteiger partial charge in [-0.2, -0.15) is 5.26 Å². The van der Waals surface area contributed by atoms with E-state index in [1.165, 1.54) is 13.3 Å². The van der Waals surface area contributed by atoms with Gasteiger partial charge >= 0.3 is 5.97 Å². The minimum atomic E-state index is -0.674. The lowest BCUT2D eigenvalue weighted by Crippen LogP contribution is -2.05. The Morgan fingerprint density at radius 1 is 1.61 bits per heavy atom. The molecule has 0 aliphatic heterocycles. The second kappa shape index (κ2) is 5.01. The van der Waals surface area contributed by atoms with Crippen molar-refractivity contribution in [1.29, 1.82) is 5.26 Å². The summed E-state index contributed by atoms with van der Waals surface area (Å²) in [5.74, 6) is -0.674. The fourth-order valence-corrected chi connectivity index (χ4v) is 1.43. The van der Waals surface area contributed by atoms with E-state index in [4.69, 9.17) is 5.26 Å². The summed E-state index contributed by atoms with van der Waals surface area (Å²) < 4.78 is 4.46. The maximum Gasteiger partial charge on any atom is 0.350 e. The third-order valence-corrected chi connectivity index (χ3v) is 2.33. The van der Waals surface area contributed by atoms with Crippen LogP contribution in [0.5, 0.6) is 0 Å². The highest BCUT2D eigenvalue weighted by Gasteiger charge is 2.07. The van der Waals surface area contributed by atoms with Crippen LogP contribution >= 0.6 is 0 Å². The number of hydrogen-bond acceptors (Lipinski definition) is 5. The van der Waals surface area contributed by atoms with E-state index >= 15 is 0 Å². The monoisotopic (exact) mass is 242 g/mol. The molecular formula is C12H10N4O2. The van der Waals surface area contributed by atoms with Crippen LogP contribution in [-0.4, -0.2) is 23.0 Å². The Bertz CT molecular complexity index is 651. The normalized spacial score (nSPS) is 11.0. The Kier molecular flexibility index (Phi) is 3.25. The summed E-state index contributed by atoms with van der Waals surface area (Å²) in [7, 11) is 1.23. The first-order chi connectivity index (χ1) is 8.74. The number of nitrogens with zero attached hydrogens (tertiary/aromatic N) is 2. The lowest BCUT2D eigenvalue weighted by molar-refractivity contribution is -0.135. The van der Waals surface area contributed by atoms with Crippen LogP contribution in [-0.2, 0) is 9.53 Å². The molecule has 0 bridgehead atoms. The van der Waals surface area contributed by atoms with E-state index in [-0.39, 0.29) is 5.57 Å². The molecule has 0 aliphatic carbocycles. The van der Waals surface area contributed by atoms with Gasteiger partial charge in [-0.25, -0.2) is 9.78 Å². The number of aromatic nitrogens is 2. The number of hydrogen-bond donors (Lipinski definition) is 2. The van der Waals surface area contributed by atoms with Crippen molar-refractivity contribution in [2.45, 2.75) is 0 Å². The van der Waals surface area contributed by atoms with Gasteiger partial charge in [0.15, 0.2) is 5.57 Å². The molecule has 18 heavy (non-hydrogen) atoms. The minimum absolute atomic E-state index is 0.0952. The second-order valence-corrected chi connectivity index (χ2v) is 3.44. The Morgan fingerprint density at radius 2 is 2.44 bits per heavy atom. The zero-order valence-electron chi connectivity index (χ0n) is 9.60. The zero-order chi connectivity index (χ0) is 13.0. The maximum absolute atomic E-state index is 11.2. The zero-order valence-corrected chi connectivity index (χ0v) is 9.60. The van der Waals surface area contributed by atoms with E-state index in [1.54, 1.807) is 18.5 Å². The Labute approximate surface area is 103 Å². The van der Waals surface area contributed by atoms with Crippen LogP contribution in [0.3, 0.4) is 0 Å². The number of ether oxygens (including phenoxy) is 1. The summed E-state index contributed by atoms with van der Waals surface area (Å²) in [4.78, 5) is 18.2. The van der Waals surface area contributed by atoms with Crippen LogP contribution in [0.15, 0.2) is 36.3 Å². The number of esters is 1. The van der Waals surface area contributed by atoms with E-state index in [2.05, 4.69) is 20.0 Å². The van der Waals surface area contributed by atoms with E-state index < -0.39 is 5.97 Å². The quantitative estimate of drug-likeness (QED) is 0.484. The van der Waals surface area contributed by atoms with Crippen LogP contribution in [0.2, 0.25) is 0 Å². The number of nitriles is 1. The molecule has 0 radical (unpaired) electrons. The van der Waals surface area contributed by atoms with Gasteiger partial charge < -0.3 is 15.0 Å². The van der Waals surface area contributed by atoms with Gasteiger partial charge in [-0.3, -0.25) is 0 Å². The number of H-pyrrole nitrogens is 1. The summed E-state index contributed by atoms with van der Waals surface area (Å²) in [6.07, 6.45) is 2.91. The number of imidazole rings is 1. The number of rotatable bonds is 3. The van der Waals surface area contributed by atoms with E-state index in [1.807, 2.05) is 12.1 Å². The van der Waals surface area contributed by atoms with Crippen LogP contribution in [0.1, 0.15) is 0 Å². The van der Waals surface area contributed by atoms with Crippen molar-refractivity contribution in [2.75, 3.05) is 12.4 Å². The van der Waals surface area contributed by atoms with Crippen molar-refractivity contribution in [3.8, 4) is 6.07 Å². The highest BCUT2D eigenvalue weighted by atomic mass is 16.5. The molecule has 0 atom stereocenters. The first-order valence-electron chi connectivity index (χ1n) is 5.13. The minimum Gasteiger partial charge on any atom is -0.465 e. The van der Waals surface area contributed by atoms with Gasteiger partial charge in [0.05, 0.1) is 24.5 Å². The number of nitrogens with one attached hydrogen (secondary N) is 2. The molecule has 1 aromatic heterocycles. The number of carbonyl (C=O) groups excluding carboxylic acids is 1. The largest absolute Gasteiger partial charge is 0.465 e. The fourth-order valence-electron chi connectivity index (χ4n) is 1.43. The van der Waals surface area contributed by atoms with Gasteiger partial charge in [0.25, 0.3) is 0 Å². The Balaban J connectivity index is 2.20. The lowest BCUT2D eigenvalue weighted by atomic mass is 10.2. The summed E-state index contributed by atoms with van der Waals surface area (Å²) >= 11 is 0. The fraction of sp³-hybridized carbons (Fsp3) is 0.0833. The first kappa shape index (κ1) is 11.7. The average Bonchev–Trinajstić information content (AvgIpc) is 2.86. The van der Waals surface area contributed by atoms with Crippen molar-refractivity contribution in [2.24, 2.45) is 0 Å². The van der Waals surface area contributed by atoms with Crippen LogP contribution in [0, 0.1) is 11.3 Å². The van der Waals surface area contributed by atoms with Crippen LogP contribution in [0.25, 0.3) is 11.0 Å². The van der Waals surface area contributed by atoms with Gasteiger partial charge in [-0.1, -0.05) is 0 Å². The third kappa shape index (κ3) is 2.30. The SMILES string of the molecule is COC(=O)/C(C#N)=C/Nc1ccc2nc[nH]c2c1. The average molecular weight is 242 g/mol. The number of fused-ring (bicyclic) bond motifs is 1. The molecular weight excluding hydrogens is 232 g/mol. The standard InChI is InChI=1S/C12H10N4O2/c1-18-12(17)8(5-13)6-14-9-2-3-10-11(4-9)16-7-15-10/h2-4,6-7,14H,1H3,(H,15,16)/b8-6+. The van der Waals surface area contributed by atoms with Crippen molar-refractivity contribution in [3.63, 3.8) is 0 Å². The molecule has 2 rings (SSSR count). The molecule has 0 saturated carbocycles. The third-order valence-electron chi connectivity index (χ3n) is 2.33. The highest BCUT2D eigenvalue weighted by molar-refractivity contribution is 5.93. The van der Waals surface area contributed by atoms with Gasteiger partial charge in [0.2, 0.25) is 0 Å². The number of methoxy groups -OCH3 is 1. The molecule has 0 fully saturated rings. The number of carbonyl (C=O) groups is 1. The molecule has 6 heteroatoms. The molecule has 0 aliphatic rings. The van der Waals surface area contributed by atoms with E-state index in [0.29, 0.717) is 0 Å². The molecule has 1 heterocycles. The highest BCUT2D eigenvalue weighted by Crippen LogP contribution is 2.15. The summed E-state index contributed by atoms with van der Waals surface area (Å²) in [5, 5.41) is 11.6. The summed E-state index contributed by atoms with van der Waals surface area (Å²) in [6.45, 7) is 0. The van der Waals surface area contributed by atoms with Gasteiger partial charge in [-0.05, 0) is 18.2 Å². The number of benzene rings is 1. The first-order valence-corrected chi connectivity index (χ1v) is 5.13. The lowest BCUT2D eigenvalue weighted by Gasteiger charge is -2.01. The van der Waals surface area contributed by atoms with Crippen LogP contribution in [0.4, 0.5) is 5.69 Å². The number of anilines is 1. The predicted molar refractivity (Wildman–Crippen MR) is 65.4 cm³/mol. The second-order valence-electron chi connectivity index (χ2n) is 3.44. The van der Waals surface area contributed by atoms with Crippen molar-refractivity contribution < 1.29 is 9.53 Å². The molecule has 6 nitrogen and oxygen atoms in total. The molecule has 2 aromatic rings. The molecule has 0 amide bonds. The van der Waals surface area contributed by atoms with Gasteiger partial charge in [0.1, 0.15) is 6.07 Å². The van der Waals surface area contributed by atoms with Crippen molar-refractivity contribution in [3.05, 3.63) is 36.3 Å².